The lowest BCUT2D eigenvalue weighted by atomic mass is 10.1. The smallest absolute Gasteiger partial charge is 0.257 e. The number of benzene rings is 3. The topological polar surface area (TPSA) is 292 Å². The number of imide groups is 1. The van der Waals surface area contributed by atoms with Gasteiger partial charge in [0.1, 0.15) is 19.8 Å². The van der Waals surface area contributed by atoms with E-state index in [1.807, 2.05) is 18.2 Å². The van der Waals surface area contributed by atoms with E-state index in [1.54, 1.807) is 52.7 Å². The lowest BCUT2D eigenvalue weighted by Crippen LogP contribution is -2.35. The van der Waals surface area contributed by atoms with E-state index in [-0.39, 0.29) is 68.0 Å². The summed E-state index contributed by atoms with van der Waals surface area (Å²) in [5.74, 6) is 0.707. The van der Waals surface area contributed by atoms with Crippen molar-refractivity contribution in [3.05, 3.63) is 107 Å². The predicted octanol–water partition coefficient (Wildman–Crippen LogP) is 5.97. The zero-order valence-corrected chi connectivity index (χ0v) is 57.0. The number of hydrogen-bond acceptors (Lipinski definition) is 24. The molecule has 2 fully saturated rings. The summed E-state index contributed by atoms with van der Waals surface area (Å²) in [4.78, 5) is 82.0. The maximum absolute atomic E-state index is 13.6. The highest BCUT2D eigenvalue weighted by Crippen LogP contribution is 2.41. The van der Waals surface area contributed by atoms with Gasteiger partial charge in [0.05, 0.1) is 200 Å². The van der Waals surface area contributed by atoms with Crippen LogP contribution in [-0.2, 0) is 84.5 Å². The number of aliphatic imine (C=N–C) groups is 2. The second kappa shape index (κ2) is 43.5. The molecule has 3 aromatic carbocycles. The highest BCUT2D eigenvalue weighted by atomic mass is 16.6. The number of nitrogens with zero attached hydrogens (tertiary/aromatic N) is 6. The summed E-state index contributed by atoms with van der Waals surface area (Å²) in [6, 6.07) is 12.3. The number of unbranched alkanes of at least 4 members (excludes halogenated alkanes) is 2. The van der Waals surface area contributed by atoms with Crippen molar-refractivity contribution < 1.29 is 99.9 Å². The molecule has 0 aromatic heterocycles. The number of ether oxygens (including phenoxy) is 15. The van der Waals surface area contributed by atoms with E-state index in [0.29, 0.717) is 248 Å². The average Bonchev–Trinajstić information content (AvgIpc) is 1.31. The van der Waals surface area contributed by atoms with Gasteiger partial charge in [-0.1, -0.05) is 35.9 Å². The Morgan fingerprint density at radius 3 is 1.30 bits per heavy atom. The summed E-state index contributed by atoms with van der Waals surface area (Å²) in [5.41, 5.74) is 6.04. The van der Waals surface area contributed by atoms with Crippen LogP contribution < -0.4 is 24.3 Å². The normalized spacial score (nSPS) is 16.2. The van der Waals surface area contributed by atoms with Crippen LogP contribution in [0.4, 0.5) is 11.4 Å². The van der Waals surface area contributed by atoms with Gasteiger partial charge < -0.3 is 91.0 Å². The highest BCUT2D eigenvalue weighted by Gasteiger charge is 2.36. The van der Waals surface area contributed by atoms with Gasteiger partial charge in [-0.15, -0.1) is 0 Å². The zero-order chi connectivity index (χ0) is 69.7. The van der Waals surface area contributed by atoms with Crippen molar-refractivity contribution in [1.29, 1.82) is 0 Å². The predicted molar refractivity (Wildman–Crippen MR) is 364 cm³/mol. The third-order valence-electron chi connectivity index (χ3n) is 15.8. The van der Waals surface area contributed by atoms with Gasteiger partial charge in [0.2, 0.25) is 5.91 Å². The molecule has 2 atom stereocenters. The number of rotatable bonds is 52. The summed E-state index contributed by atoms with van der Waals surface area (Å²) in [6.45, 7) is 19.6. The van der Waals surface area contributed by atoms with Crippen LogP contribution in [0.15, 0.2) is 94.1 Å². The number of carbonyl (C=O) groups is 5. The summed E-state index contributed by atoms with van der Waals surface area (Å²) >= 11 is 0. The van der Waals surface area contributed by atoms with E-state index in [2.05, 4.69) is 33.6 Å². The van der Waals surface area contributed by atoms with E-state index < -0.39 is 0 Å². The van der Waals surface area contributed by atoms with Crippen LogP contribution in [0.5, 0.6) is 23.0 Å². The van der Waals surface area contributed by atoms with Gasteiger partial charge in [-0.2, -0.15) is 0 Å². The van der Waals surface area contributed by atoms with Gasteiger partial charge >= 0.3 is 0 Å². The molecule has 8 rings (SSSR count). The van der Waals surface area contributed by atoms with Gasteiger partial charge in [-0.05, 0) is 72.7 Å². The fourth-order valence-electron chi connectivity index (χ4n) is 10.8. The molecular weight excluding hydrogens is 1290 g/mol. The summed E-state index contributed by atoms with van der Waals surface area (Å²) in [6.07, 6.45) is 11.5. The van der Waals surface area contributed by atoms with Crippen LogP contribution >= 0.6 is 0 Å². The monoisotopic (exact) mass is 1380 g/mol. The van der Waals surface area contributed by atoms with Gasteiger partial charge in [0, 0.05) is 69.3 Å². The fourth-order valence-corrected chi connectivity index (χ4v) is 10.8. The molecule has 3 aromatic rings. The van der Waals surface area contributed by atoms with Crippen molar-refractivity contribution in [2.45, 2.75) is 63.8 Å². The van der Waals surface area contributed by atoms with Gasteiger partial charge in [-0.3, -0.25) is 38.9 Å². The van der Waals surface area contributed by atoms with E-state index in [1.165, 1.54) is 31.3 Å². The second-order valence-corrected chi connectivity index (χ2v) is 23.3. The number of amides is 5. The molecule has 2 saturated heterocycles. The number of fused-ring (bicyclic) bond motifs is 4. The number of nitrogens with one attached hydrogen (secondary N) is 1. The minimum absolute atomic E-state index is 0.0542. The SMILES string of the molecule is C=C1C[C@H]2C=Nc3cc(OCc4cc(/C=N\OCCOCCOCCOCCOCCOCCOCCOCCOCCOCCOCCOCCNC(=O)CCCCCN5C(=O)C=CC5=O)cc(COc5cc6c(cc5OC)C(=O)N5CC(=C)C[C@H]5C=N6)c4)c(OC)cc3C(=O)N2C1. The van der Waals surface area contributed by atoms with E-state index >= 15 is 0 Å². The molecule has 0 bridgehead atoms. The Balaban J connectivity index is 0.595. The molecule has 5 aliphatic heterocycles. The van der Waals surface area contributed by atoms with Crippen molar-refractivity contribution in [1.82, 2.24) is 20.0 Å². The Kier molecular flexibility index (Phi) is 33.7. The number of oxime groups is 1. The first kappa shape index (κ1) is 76.7. The standard InChI is InChI=1S/C71H95N7O21/c1-52-36-57-46-73-61-43-65(63(84-3)41-59(61)70(82)77(57)48-52)97-50-55-38-54(39-56(40-55)51-98-66-44-62-60(42-64(66)85-4)71(83)78-49-53(2)37-58(78)47-74-62)45-75-99-35-34-96-33-32-95-31-30-94-29-28-93-27-26-92-25-24-91-23-22-90-21-20-89-19-18-88-17-16-87-15-14-86-13-11-72-67(79)8-6-5-7-12-76-68(80)9-10-69(76)81/h9-10,38-47,57-58H,1-2,5-8,11-37,48-51H2,3-4H3,(H,72,79)/b75-45-/t57-,58-/m0/s1. The molecule has 0 aliphatic carbocycles. The Morgan fingerprint density at radius 2 is 0.899 bits per heavy atom. The first-order chi connectivity index (χ1) is 48.5. The van der Waals surface area contributed by atoms with Crippen LogP contribution in [0, 0.1) is 0 Å². The Hall–Kier alpha value is -8.00. The maximum Gasteiger partial charge on any atom is 0.257 e. The van der Waals surface area contributed by atoms with E-state index in [4.69, 9.17) is 75.9 Å². The molecule has 0 saturated carbocycles. The molecule has 28 nitrogen and oxygen atoms in total. The number of carbonyl (C=O) groups excluding carboxylic acids is 5. The summed E-state index contributed by atoms with van der Waals surface area (Å²) in [5, 5.41) is 7.04. The Bertz CT molecular complexity index is 3080. The minimum atomic E-state index is -0.280. The third-order valence-corrected chi connectivity index (χ3v) is 15.8. The largest absolute Gasteiger partial charge is 0.493 e. The molecule has 1 N–H and O–H groups in total. The van der Waals surface area contributed by atoms with Crippen LogP contribution in [0.25, 0.3) is 0 Å². The summed E-state index contributed by atoms with van der Waals surface area (Å²) in [7, 11) is 3.05. The third kappa shape index (κ3) is 26.2. The molecule has 0 spiro atoms. The van der Waals surface area contributed by atoms with Crippen LogP contribution in [0.1, 0.15) is 75.9 Å². The van der Waals surface area contributed by atoms with Crippen LogP contribution in [0.3, 0.4) is 0 Å². The first-order valence-corrected chi connectivity index (χ1v) is 33.6. The van der Waals surface area contributed by atoms with Crippen molar-refractivity contribution in [3.8, 4) is 23.0 Å². The molecule has 5 heterocycles. The second-order valence-electron chi connectivity index (χ2n) is 23.3. The van der Waals surface area contributed by atoms with Crippen molar-refractivity contribution in [2.24, 2.45) is 15.1 Å². The fraction of sp³-hybridized carbons (Fsp3) is 0.549. The molecule has 0 unspecified atom stereocenters. The zero-order valence-electron chi connectivity index (χ0n) is 57.0. The first-order valence-electron chi connectivity index (χ1n) is 33.6. The molecular formula is C71H95N7O21. The van der Waals surface area contributed by atoms with Crippen LogP contribution in [-0.4, -0.2) is 267 Å². The Morgan fingerprint density at radius 1 is 0.505 bits per heavy atom. The van der Waals surface area contributed by atoms with Gasteiger partial charge in [0.15, 0.2) is 23.0 Å². The van der Waals surface area contributed by atoms with Gasteiger partial charge in [0.25, 0.3) is 23.6 Å². The molecule has 28 heteroatoms. The average molecular weight is 1380 g/mol. The highest BCUT2D eigenvalue weighted by molar-refractivity contribution is 6.13. The lowest BCUT2D eigenvalue weighted by Gasteiger charge is -2.20. The Labute approximate surface area is 578 Å². The van der Waals surface area contributed by atoms with Crippen molar-refractivity contribution in [3.63, 3.8) is 0 Å². The molecule has 5 aliphatic rings. The van der Waals surface area contributed by atoms with Crippen LogP contribution in [0.2, 0.25) is 0 Å². The maximum atomic E-state index is 13.6. The van der Waals surface area contributed by atoms with E-state index in [0.717, 1.165) is 28.7 Å². The van der Waals surface area contributed by atoms with Crippen molar-refractivity contribution in [2.75, 3.05) is 192 Å². The van der Waals surface area contributed by atoms with E-state index in [9.17, 15) is 24.0 Å². The van der Waals surface area contributed by atoms with Crippen molar-refractivity contribution >= 4 is 59.6 Å². The molecule has 0 radical (unpaired) electrons. The molecule has 99 heavy (non-hydrogen) atoms. The quantitative estimate of drug-likeness (QED) is 0.0224. The number of hydrogen-bond donors (Lipinski definition) is 1. The minimum Gasteiger partial charge on any atom is -0.493 e. The number of methoxy groups -OCH3 is 2. The van der Waals surface area contributed by atoms with Gasteiger partial charge in [-0.25, -0.2) is 0 Å². The molecule has 5 amide bonds. The lowest BCUT2D eigenvalue weighted by molar-refractivity contribution is -0.137. The molecule has 540 valence electrons. The summed E-state index contributed by atoms with van der Waals surface area (Å²) < 4.78 is 85.4.